The van der Waals surface area contributed by atoms with Crippen molar-refractivity contribution < 1.29 is 24.0 Å². The van der Waals surface area contributed by atoms with Crippen molar-refractivity contribution in [2.24, 2.45) is 5.92 Å². The molecule has 0 heterocycles. The third-order valence-electron chi connectivity index (χ3n) is 3.58. The first kappa shape index (κ1) is 22.6. The average Bonchev–Trinajstić information content (AvgIpc) is 2.43. The third kappa shape index (κ3) is 7.76. The van der Waals surface area contributed by atoms with Gasteiger partial charge in [-0.15, -0.1) is 0 Å². The van der Waals surface area contributed by atoms with Gasteiger partial charge in [0.1, 0.15) is 11.2 Å². The van der Waals surface area contributed by atoms with Crippen LogP contribution in [0.1, 0.15) is 58.6 Å². The smallest absolute Gasteiger partial charge is 0.321 e. The number of nitro groups is 1. The summed E-state index contributed by atoms with van der Waals surface area (Å²) < 4.78 is 10.8. The number of nitrogens with zero attached hydrogens (tertiary/aromatic N) is 1. The largest absolute Gasteiger partial charge is 0.459 e. The number of aryl methyl sites for hydroxylation is 1. The summed E-state index contributed by atoms with van der Waals surface area (Å²) in [5.74, 6) is -4.09. The lowest BCUT2D eigenvalue weighted by Crippen LogP contribution is -2.41. The van der Waals surface area contributed by atoms with Crippen molar-refractivity contribution in [2.45, 2.75) is 65.6 Å². The summed E-state index contributed by atoms with van der Waals surface area (Å²) in [6, 6.07) is 6.93. The van der Waals surface area contributed by atoms with Gasteiger partial charge in [0, 0.05) is 4.92 Å². The lowest BCUT2D eigenvalue weighted by Gasteiger charge is -2.29. The van der Waals surface area contributed by atoms with E-state index in [0.29, 0.717) is 5.56 Å². The Morgan fingerprint density at radius 2 is 1.37 bits per heavy atom. The zero-order chi connectivity index (χ0) is 21.0. The van der Waals surface area contributed by atoms with Gasteiger partial charge in [-0.1, -0.05) is 29.8 Å². The lowest BCUT2D eigenvalue weighted by molar-refractivity contribution is -0.484. The van der Waals surface area contributed by atoms with Crippen molar-refractivity contribution >= 4 is 11.9 Å². The fourth-order valence-electron chi connectivity index (χ4n) is 2.53. The highest BCUT2D eigenvalue weighted by molar-refractivity contribution is 5.96. The van der Waals surface area contributed by atoms with Crippen molar-refractivity contribution in [3.63, 3.8) is 0 Å². The minimum Gasteiger partial charge on any atom is -0.459 e. The zero-order valence-corrected chi connectivity index (χ0v) is 17.1. The van der Waals surface area contributed by atoms with Crippen LogP contribution in [0.15, 0.2) is 24.3 Å². The van der Waals surface area contributed by atoms with Crippen molar-refractivity contribution in [1.29, 1.82) is 0 Å². The predicted octanol–water partition coefficient (Wildman–Crippen LogP) is 3.65. The molecule has 0 radical (unpaired) electrons. The van der Waals surface area contributed by atoms with E-state index in [-0.39, 0.29) is 0 Å². The molecule has 1 atom stereocenters. The number of hydrogen-bond donors (Lipinski definition) is 0. The van der Waals surface area contributed by atoms with E-state index in [1.54, 1.807) is 65.8 Å². The first-order valence-electron chi connectivity index (χ1n) is 8.84. The van der Waals surface area contributed by atoms with E-state index in [1.165, 1.54) is 0 Å². The van der Waals surface area contributed by atoms with Crippen LogP contribution < -0.4 is 0 Å². The summed E-state index contributed by atoms with van der Waals surface area (Å²) >= 11 is 0. The van der Waals surface area contributed by atoms with Crippen molar-refractivity contribution in [1.82, 2.24) is 0 Å². The molecule has 1 rings (SSSR count). The molecule has 0 saturated heterocycles. The van der Waals surface area contributed by atoms with E-state index < -0.39 is 46.4 Å². The molecule has 0 saturated carbocycles. The zero-order valence-electron chi connectivity index (χ0n) is 17.1. The van der Waals surface area contributed by atoms with Gasteiger partial charge in [-0.05, 0) is 54.0 Å². The minimum absolute atomic E-state index is 0.513. The predicted molar refractivity (Wildman–Crippen MR) is 101 cm³/mol. The number of ether oxygens (including phenoxy) is 2. The second kappa shape index (κ2) is 8.50. The maximum atomic E-state index is 12.8. The molecule has 0 bridgehead atoms. The Labute approximate surface area is 160 Å². The minimum atomic E-state index is -1.43. The highest BCUT2D eigenvalue weighted by Gasteiger charge is 2.43. The first-order chi connectivity index (χ1) is 12.2. The Morgan fingerprint density at radius 3 is 1.70 bits per heavy atom. The van der Waals surface area contributed by atoms with Crippen LogP contribution in [0.25, 0.3) is 0 Å². The average molecular weight is 379 g/mol. The van der Waals surface area contributed by atoms with Crippen LogP contribution >= 0.6 is 0 Å². The maximum Gasteiger partial charge on any atom is 0.321 e. The molecule has 0 N–H and O–H groups in total. The van der Waals surface area contributed by atoms with E-state index in [4.69, 9.17) is 9.47 Å². The van der Waals surface area contributed by atoms with E-state index in [0.717, 1.165) is 5.56 Å². The molecule has 7 heteroatoms. The molecule has 27 heavy (non-hydrogen) atoms. The summed E-state index contributed by atoms with van der Waals surface area (Å²) in [4.78, 5) is 36.3. The molecule has 0 unspecified atom stereocenters. The topological polar surface area (TPSA) is 95.7 Å². The number of rotatable bonds is 6. The van der Waals surface area contributed by atoms with E-state index >= 15 is 0 Å². The van der Waals surface area contributed by atoms with Crippen molar-refractivity contribution in [2.75, 3.05) is 6.54 Å². The molecule has 1 aromatic rings. The van der Waals surface area contributed by atoms with Gasteiger partial charge >= 0.3 is 11.9 Å². The van der Waals surface area contributed by atoms with Crippen LogP contribution in [0.3, 0.4) is 0 Å². The maximum absolute atomic E-state index is 12.8. The number of hydrogen-bond acceptors (Lipinski definition) is 6. The fraction of sp³-hybridized carbons (Fsp3) is 0.600. The van der Waals surface area contributed by atoms with E-state index in [2.05, 4.69) is 0 Å². The summed E-state index contributed by atoms with van der Waals surface area (Å²) in [7, 11) is 0. The molecule has 1 aromatic carbocycles. The number of carbonyl (C=O) groups is 2. The van der Waals surface area contributed by atoms with E-state index in [1.807, 2.05) is 6.92 Å². The van der Waals surface area contributed by atoms with Gasteiger partial charge < -0.3 is 9.47 Å². The van der Waals surface area contributed by atoms with Crippen molar-refractivity contribution in [3.8, 4) is 0 Å². The number of esters is 2. The Balaban J connectivity index is 3.39. The Bertz CT molecular complexity index is 654. The molecule has 0 aliphatic heterocycles. The van der Waals surface area contributed by atoms with Crippen LogP contribution in [-0.4, -0.2) is 34.6 Å². The quantitative estimate of drug-likeness (QED) is 0.324. The highest BCUT2D eigenvalue weighted by atomic mass is 16.6. The second-order valence-corrected chi connectivity index (χ2v) is 8.58. The van der Waals surface area contributed by atoms with Crippen molar-refractivity contribution in [3.05, 3.63) is 45.5 Å². The van der Waals surface area contributed by atoms with Gasteiger partial charge in [-0.2, -0.15) is 0 Å². The van der Waals surface area contributed by atoms with Gasteiger partial charge in [0.15, 0.2) is 5.92 Å². The van der Waals surface area contributed by atoms with Gasteiger partial charge in [0.05, 0.1) is 5.92 Å². The standard InChI is InChI=1S/C20H29NO6/c1-13-8-10-14(11-9-13)15(12-21(24)25)16(17(22)26-19(2,3)4)18(23)27-20(5,6)7/h8-11,15-16H,12H2,1-7H3/t15-/m0/s1. The van der Waals surface area contributed by atoms with Gasteiger partial charge in [-0.3, -0.25) is 19.7 Å². The summed E-state index contributed by atoms with van der Waals surface area (Å²) in [5.41, 5.74) is -0.211. The van der Waals surface area contributed by atoms with Gasteiger partial charge in [-0.25, -0.2) is 0 Å². The highest BCUT2D eigenvalue weighted by Crippen LogP contribution is 2.30. The van der Waals surface area contributed by atoms with E-state index in [9.17, 15) is 19.7 Å². The molecule has 0 fully saturated rings. The lowest BCUT2D eigenvalue weighted by atomic mass is 9.85. The molecule has 7 nitrogen and oxygen atoms in total. The number of carbonyl (C=O) groups excluding carboxylic acids is 2. The third-order valence-corrected chi connectivity index (χ3v) is 3.58. The van der Waals surface area contributed by atoms with Crippen LogP contribution in [0, 0.1) is 23.0 Å². The van der Waals surface area contributed by atoms with Crippen LogP contribution in [0.2, 0.25) is 0 Å². The molecule has 150 valence electrons. The normalized spacial score (nSPS) is 13.2. The molecular weight excluding hydrogens is 350 g/mol. The van der Waals surface area contributed by atoms with Gasteiger partial charge in [0.25, 0.3) is 0 Å². The van der Waals surface area contributed by atoms with Crippen LogP contribution in [-0.2, 0) is 19.1 Å². The molecule has 0 aliphatic rings. The monoisotopic (exact) mass is 379 g/mol. The molecule has 0 amide bonds. The molecule has 0 aromatic heterocycles. The molecule has 0 spiro atoms. The number of benzene rings is 1. The fourth-order valence-corrected chi connectivity index (χ4v) is 2.53. The Hall–Kier alpha value is -2.44. The van der Waals surface area contributed by atoms with Gasteiger partial charge in [0.2, 0.25) is 6.54 Å². The summed E-state index contributed by atoms with van der Waals surface area (Å²) in [6.45, 7) is 11.3. The SMILES string of the molecule is Cc1ccc([C@H](C[N+](=O)[O-])C(C(=O)OC(C)(C)C)C(=O)OC(C)(C)C)cc1. The summed E-state index contributed by atoms with van der Waals surface area (Å²) in [5, 5.41) is 11.3. The second-order valence-electron chi connectivity index (χ2n) is 8.58. The van der Waals surface area contributed by atoms with Crippen LogP contribution in [0.5, 0.6) is 0 Å². The first-order valence-corrected chi connectivity index (χ1v) is 8.84. The van der Waals surface area contributed by atoms with Crippen LogP contribution in [0.4, 0.5) is 0 Å². The molecular formula is C20H29NO6. The Kier molecular flexibility index (Phi) is 7.11. The Morgan fingerprint density at radius 1 is 0.963 bits per heavy atom. The molecule has 0 aliphatic carbocycles. The summed E-state index contributed by atoms with van der Waals surface area (Å²) in [6.07, 6.45) is 0.